The summed E-state index contributed by atoms with van der Waals surface area (Å²) in [5.41, 5.74) is 1.32. The number of amides is 1. The average Bonchev–Trinajstić information content (AvgIpc) is 2.83. The molecular weight excluding hydrogens is 459 g/mol. The van der Waals surface area contributed by atoms with Crippen molar-refractivity contribution >= 4 is 27.6 Å². The third kappa shape index (κ3) is 7.41. The smallest absolute Gasteiger partial charge is 0.338 e. The Balaban J connectivity index is 1.52. The fourth-order valence-electron chi connectivity index (χ4n) is 3.15. The van der Waals surface area contributed by atoms with Crippen molar-refractivity contribution in [3.63, 3.8) is 0 Å². The molecule has 3 aromatic rings. The van der Waals surface area contributed by atoms with Crippen molar-refractivity contribution in [1.29, 1.82) is 0 Å². The van der Waals surface area contributed by atoms with Gasteiger partial charge in [-0.05, 0) is 67.8 Å². The lowest BCUT2D eigenvalue weighted by Gasteiger charge is -2.14. The zero-order chi connectivity index (χ0) is 24.6. The lowest BCUT2D eigenvalue weighted by Crippen LogP contribution is -2.36. The molecule has 1 atom stereocenters. The number of aryl methyl sites for hydroxylation is 1. The first-order valence-corrected chi connectivity index (χ1v) is 12.1. The highest BCUT2D eigenvalue weighted by Gasteiger charge is 2.18. The summed E-state index contributed by atoms with van der Waals surface area (Å²) in [6, 6.07) is 19.8. The van der Waals surface area contributed by atoms with Crippen molar-refractivity contribution in [2.45, 2.75) is 30.7 Å². The van der Waals surface area contributed by atoms with E-state index in [0.717, 1.165) is 31.0 Å². The van der Waals surface area contributed by atoms with Crippen LogP contribution in [0, 0.1) is 5.82 Å². The molecule has 0 aliphatic rings. The number of anilines is 1. The van der Waals surface area contributed by atoms with Crippen LogP contribution in [-0.4, -0.2) is 32.9 Å². The predicted octanol–water partition coefficient (Wildman–Crippen LogP) is 3.92. The van der Waals surface area contributed by atoms with Gasteiger partial charge >= 0.3 is 5.97 Å². The van der Waals surface area contributed by atoms with Gasteiger partial charge in [0, 0.05) is 11.7 Å². The topological polar surface area (TPSA) is 102 Å². The number of carbonyl (C=O) groups excluding carboxylic acids is 2. The van der Waals surface area contributed by atoms with Crippen LogP contribution in [0.15, 0.2) is 83.8 Å². The van der Waals surface area contributed by atoms with Crippen molar-refractivity contribution in [3.8, 4) is 0 Å². The molecule has 0 radical (unpaired) electrons. The maximum atomic E-state index is 13.0. The molecule has 7 nitrogen and oxygen atoms in total. The van der Waals surface area contributed by atoms with Gasteiger partial charge in [-0.3, -0.25) is 9.52 Å². The Kier molecular flexibility index (Phi) is 8.37. The molecule has 3 rings (SSSR count). The van der Waals surface area contributed by atoms with Gasteiger partial charge in [0.1, 0.15) is 5.82 Å². The number of esters is 1. The molecule has 0 aromatic heterocycles. The van der Waals surface area contributed by atoms with E-state index in [-0.39, 0.29) is 22.2 Å². The van der Waals surface area contributed by atoms with Crippen LogP contribution in [0.3, 0.4) is 0 Å². The van der Waals surface area contributed by atoms with Crippen molar-refractivity contribution < 1.29 is 27.1 Å². The van der Waals surface area contributed by atoms with E-state index in [1.54, 1.807) is 0 Å². The van der Waals surface area contributed by atoms with E-state index >= 15 is 0 Å². The number of rotatable bonds is 10. The van der Waals surface area contributed by atoms with E-state index in [2.05, 4.69) is 10.0 Å². The number of ether oxygens (including phenoxy) is 1. The molecular formula is C25H25FN2O5S. The van der Waals surface area contributed by atoms with Gasteiger partial charge in [-0.15, -0.1) is 0 Å². The molecule has 0 fully saturated rings. The summed E-state index contributed by atoms with van der Waals surface area (Å²) in [5, 5.41) is 2.78. The molecule has 0 saturated heterocycles. The van der Waals surface area contributed by atoms with Gasteiger partial charge in [-0.25, -0.2) is 17.6 Å². The van der Waals surface area contributed by atoms with E-state index < -0.39 is 34.3 Å². The van der Waals surface area contributed by atoms with Crippen LogP contribution in [0.2, 0.25) is 0 Å². The minimum absolute atomic E-state index is 0.0214. The highest BCUT2D eigenvalue weighted by atomic mass is 32.2. The minimum atomic E-state index is -4.02. The predicted molar refractivity (Wildman–Crippen MR) is 126 cm³/mol. The largest absolute Gasteiger partial charge is 0.452 e. The summed E-state index contributed by atoms with van der Waals surface area (Å²) < 4.78 is 45.6. The Labute approximate surface area is 198 Å². The third-order valence-electron chi connectivity index (χ3n) is 4.93. The summed E-state index contributed by atoms with van der Waals surface area (Å²) in [5.74, 6) is -1.77. The van der Waals surface area contributed by atoms with Gasteiger partial charge in [0.25, 0.3) is 15.9 Å². The molecule has 0 saturated carbocycles. The normalized spacial score (nSPS) is 11.9. The van der Waals surface area contributed by atoms with Gasteiger partial charge in [0.2, 0.25) is 0 Å². The number of sulfonamides is 1. The molecule has 3 aromatic carbocycles. The molecule has 34 heavy (non-hydrogen) atoms. The standard InChI is InChI=1S/C25H25FN2O5S/c1-18(10-11-19-6-3-2-4-7-19)27-24(29)17-33-25(30)20-8-5-9-23(16-20)34(31,32)28-22-14-12-21(26)13-15-22/h2-9,12-16,18,28H,10-11,17H2,1H3,(H,27,29). The second-order valence-corrected chi connectivity index (χ2v) is 9.39. The van der Waals surface area contributed by atoms with Crippen molar-refractivity contribution in [2.75, 3.05) is 11.3 Å². The average molecular weight is 485 g/mol. The van der Waals surface area contributed by atoms with Crippen LogP contribution in [0.4, 0.5) is 10.1 Å². The Morgan fingerprint density at radius 3 is 2.38 bits per heavy atom. The SMILES string of the molecule is CC(CCc1ccccc1)NC(=O)COC(=O)c1cccc(S(=O)(=O)Nc2ccc(F)cc2)c1. The van der Waals surface area contributed by atoms with Crippen LogP contribution in [0.5, 0.6) is 0 Å². The Hall–Kier alpha value is -3.72. The fraction of sp³-hybridized carbons (Fsp3) is 0.200. The molecule has 0 spiro atoms. The third-order valence-corrected chi connectivity index (χ3v) is 6.31. The first kappa shape index (κ1) is 24.9. The first-order valence-electron chi connectivity index (χ1n) is 10.6. The highest BCUT2D eigenvalue weighted by Crippen LogP contribution is 2.18. The maximum Gasteiger partial charge on any atom is 0.338 e. The molecule has 1 amide bonds. The van der Waals surface area contributed by atoms with Crippen LogP contribution in [-0.2, 0) is 26.0 Å². The molecule has 178 valence electrons. The number of carbonyl (C=O) groups is 2. The second-order valence-electron chi connectivity index (χ2n) is 7.71. The van der Waals surface area contributed by atoms with Gasteiger partial charge < -0.3 is 10.1 Å². The van der Waals surface area contributed by atoms with E-state index in [1.807, 2.05) is 37.3 Å². The Morgan fingerprint density at radius 1 is 0.971 bits per heavy atom. The van der Waals surface area contributed by atoms with Gasteiger partial charge in [-0.2, -0.15) is 0 Å². The number of benzene rings is 3. The molecule has 2 N–H and O–H groups in total. The number of nitrogens with one attached hydrogen (secondary N) is 2. The van der Waals surface area contributed by atoms with Gasteiger partial charge in [0.05, 0.1) is 10.5 Å². The lowest BCUT2D eigenvalue weighted by molar-refractivity contribution is -0.124. The lowest BCUT2D eigenvalue weighted by atomic mass is 10.1. The van der Waals surface area contributed by atoms with Gasteiger partial charge in [-0.1, -0.05) is 36.4 Å². The van der Waals surface area contributed by atoms with E-state index in [9.17, 15) is 22.4 Å². The summed E-state index contributed by atoms with van der Waals surface area (Å²) in [4.78, 5) is 24.3. The maximum absolute atomic E-state index is 13.0. The fourth-order valence-corrected chi connectivity index (χ4v) is 4.26. The van der Waals surface area contributed by atoms with E-state index in [4.69, 9.17) is 4.74 Å². The summed E-state index contributed by atoms with van der Waals surface area (Å²) in [6.45, 7) is 1.38. The first-order chi connectivity index (χ1) is 16.2. The molecule has 1 unspecified atom stereocenters. The molecule has 0 bridgehead atoms. The minimum Gasteiger partial charge on any atom is -0.452 e. The zero-order valence-corrected chi connectivity index (χ0v) is 19.3. The number of hydrogen-bond donors (Lipinski definition) is 2. The Bertz CT molecular complexity index is 1230. The summed E-state index contributed by atoms with van der Waals surface area (Å²) >= 11 is 0. The van der Waals surface area contributed by atoms with Crippen LogP contribution >= 0.6 is 0 Å². The van der Waals surface area contributed by atoms with Crippen LogP contribution in [0.25, 0.3) is 0 Å². The second kappa shape index (κ2) is 11.4. The van der Waals surface area contributed by atoms with Crippen molar-refractivity contribution in [2.24, 2.45) is 0 Å². The van der Waals surface area contributed by atoms with Crippen molar-refractivity contribution in [1.82, 2.24) is 5.32 Å². The van der Waals surface area contributed by atoms with Crippen LogP contribution in [0.1, 0.15) is 29.3 Å². The highest BCUT2D eigenvalue weighted by molar-refractivity contribution is 7.92. The Morgan fingerprint density at radius 2 is 1.68 bits per heavy atom. The monoisotopic (exact) mass is 484 g/mol. The summed E-state index contributed by atoms with van der Waals surface area (Å²) in [6.07, 6.45) is 1.53. The van der Waals surface area contributed by atoms with Gasteiger partial charge in [0.15, 0.2) is 6.61 Å². The zero-order valence-electron chi connectivity index (χ0n) is 18.5. The summed E-state index contributed by atoms with van der Waals surface area (Å²) in [7, 11) is -4.02. The molecule has 0 heterocycles. The quantitative estimate of drug-likeness (QED) is 0.425. The number of halogens is 1. The van der Waals surface area contributed by atoms with E-state index in [1.165, 1.54) is 35.9 Å². The molecule has 9 heteroatoms. The van der Waals surface area contributed by atoms with Crippen molar-refractivity contribution in [3.05, 3.63) is 95.8 Å². The molecule has 0 aliphatic carbocycles. The molecule has 0 aliphatic heterocycles. The number of hydrogen-bond acceptors (Lipinski definition) is 5. The van der Waals surface area contributed by atoms with Crippen LogP contribution < -0.4 is 10.0 Å². The van der Waals surface area contributed by atoms with E-state index in [0.29, 0.717) is 0 Å².